The van der Waals surface area contributed by atoms with Crippen LogP contribution in [0.15, 0.2) is 40.7 Å². The zero-order valence-corrected chi connectivity index (χ0v) is 26.2. The molecular weight excluding hydrogens is 586 g/mol. The fourth-order valence-electron chi connectivity index (χ4n) is 4.67. The van der Waals surface area contributed by atoms with Gasteiger partial charge in [-0.1, -0.05) is 63.2 Å². The van der Waals surface area contributed by atoms with Crippen LogP contribution in [0.2, 0.25) is 5.02 Å². The smallest absolute Gasteiger partial charge is 0.317 e. The number of fused-ring (bicyclic) bond motifs is 1. The number of carbonyl (C=O) groups excluding carboxylic acids is 1. The number of carboxylic acids is 1. The van der Waals surface area contributed by atoms with Gasteiger partial charge in [-0.05, 0) is 47.6 Å². The van der Waals surface area contributed by atoms with E-state index in [4.69, 9.17) is 25.8 Å². The van der Waals surface area contributed by atoms with Crippen molar-refractivity contribution in [2.75, 3.05) is 25.7 Å². The number of halogens is 1. The molecule has 0 saturated carbocycles. The molecule has 1 amide bonds. The molecule has 3 aromatic rings. The van der Waals surface area contributed by atoms with Gasteiger partial charge in [0.2, 0.25) is 0 Å². The van der Waals surface area contributed by atoms with Crippen molar-refractivity contribution in [1.82, 2.24) is 9.36 Å². The molecule has 0 bridgehead atoms. The Morgan fingerprint density at radius 1 is 1.22 bits per heavy atom. The first-order valence-corrected chi connectivity index (χ1v) is 15.2. The predicted octanol–water partition coefficient (Wildman–Crippen LogP) is 6.27. The molecule has 1 aromatic heterocycles. The molecule has 1 N–H and O–H groups in total. The molecule has 0 fully saturated rings. The van der Waals surface area contributed by atoms with Gasteiger partial charge in [0.15, 0.2) is 15.8 Å². The summed E-state index contributed by atoms with van der Waals surface area (Å²) in [4.78, 5) is 32.1. The number of carbonyl (C=O) groups is 2. The lowest BCUT2D eigenvalue weighted by Crippen LogP contribution is -2.44. The van der Waals surface area contributed by atoms with Gasteiger partial charge in [-0.25, -0.2) is 4.98 Å². The van der Waals surface area contributed by atoms with Gasteiger partial charge in [-0.3, -0.25) is 9.59 Å². The van der Waals surface area contributed by atoms with Crippen molar-refractivity contribution in [3.63, 3.8) is 0 Å². The second-order valence-corrected chi connectivity index (χ2v) is 13.4. The highest BCUT2D eigenvalue weighted by Gasteiger charge is 2.40. The number of ether oxygens (including phenoxy) is 3. The van der Waals surface area contributed by atoms with Gasteiger partial charge in [-0.15, -0.1) is 0 Å². The normalized spacial score (nSPS) is 18.0. The Morgan fingerprint density at radius 2 is 1.98 bits per heavy atom. The van der Waals surface area contributed by atoms with Crippen LogP contribution in [-0.4, -0.2) is 58.5 Å². The fraction of sp³-hybridized carbons (Fsp3) is 0.448. The SMILES string of the molecule is CCC(Sc1nc(C[C@H]2O[C@H](c3cccc(OC)c3OC)c3cc(Cl)ccc3N(CC(C)(C)C)C2=O)ns1)C(=O)O. The van der Waals surface area contributed by atoms with E-state index in [0.29, 0.717) is 50.9 Å². The van der Waals surface area contributed by atoms with Crippen LogP contribution in [0.5, 0.6) is 11.5 Å². The molecule has 2 heterocycles. The van der Waals surface area contributed by atoms with E-state index in [1.165, 1.54) is 0 Å². The standard InChI is InChI=1S/C29H34ClN3O6S2/c1-7-22(27(35)36)40-28-31-23(32-41-28)14-21-26(34)33(15-29(2,3)4)19-12-11-16(30)13-18(19)24(39-21)17-9-8-10-20(37-5)25(17)38-6/h8-13,21-22,24H,7,14-15H2,1-6H3,(H,35,36)/t21-,22?,24-/m1/s1. The fourth-order valence-corrected chi connectivity index (χ4v) is 6.59. The number of aromatic nitrogens is 2. The van der Waals surface area contributed by atoms with Crippen LogP contribution >= 0.6 is 34.9 Å². The zero-order valence-electron chi connectivity index (χ0n) is 23.8. The van der Waals surface area contributed by atoms with Gasteiger partial charge in [0.25, 0.3) is 5.91 Å². The first kappa shape index (κ1) is 31.1. The van der Waals surface area contributed by atoms with Gasteiger partial charge in [0.05, 0.1) is 14.2 Å². The molecule has 1 unspecified atom stereocenters. The summed E-state index contributed by atoms with van der Waals surface area (Å²) in [5.41, 5.74) is 1.88. The lowest BCUT2D eigenvalue weighted by molar-refractivity contribution is -0.136. The molecule has 1 aliphatic rings. The maximum Gasteiger partial charge on any atom is 0.317 e. The lowest BCUT2D eigenvalue weighted by atomic mass is 9.94. The third-order valence-electron chi connectivity index (χ3n) is 6.46. The third kappa shape index (κ3) is 7.14. The van der Waals surface area contributed by atoms with Crippen LogP contribution < -0.4 is 14.4 Å². The molecule has 0 saturated heterocycles. The maximum absolute atomic E-state index is 14.2. The second kappa shape index (κ2) is 13.0. The van der Waals surface area contributed by atoms with Crippen LogP contribution in [0.3, 0.4) is 0 Å². The average molecular weight is 620 g/mol. The van der Waals surface area contributed by atoms with Crippen LogP contribution in [0.4, 0.5) is 5.69 Å². The van der Waals surface area contributed by atoms with E-state index in [-0.39, 0.29) is 17.7 Å². The average Bonchev–Trinajstić information content (AvgIpc) is 3.34. The Morgan fingerprint density at radius 3 is 2.61 bits per heavy atom. The largest absolute Gasteiger partial charge is 0.493 e. The summed E-state index contributed by atoms with van der Waals surface area (Å²) in [6.45, 7) is 8.45. The Bertz CT molecular complexity index is 1410. The summed E-state index contributed by atoms with van der Waals surface area (Å²) in [7, 11) is 3.12. The number of thioether (sulfide) groups is 1. The van der Waals surface area contributed by atoms with Gasteiger partial charge >= 0.3 is 5.97 Å². The molecule has 4 rings (SSSR count). The van der Waals surface area contributed by atoms with Gasteiger partial charge in [-0.2, -0.15) is 4.37 Å². The van der Waals surface area contributed by atoms with E-state index in [0.717, 1.165) is 28.9 Å². The lowest BCUT2D eigenvalue weighted by Gasteiger charge is -2.31. The molecule has 3 atom stereocenters. The van der Waals surface area contributed by atoms with Crippen LogP contribution in [0, 0.1) is 5.41 Å². The number of rotatable bonds is 10. The van der Waals surface area contributed by atoms with Crippen molar-refractivity contribution in [2.45, 2.75) is 62.3 Å². The topological polar surface area (TPSA) is 111 Å². The van der Waals surface area contributed by atoms with Crippen LogP contribution in [0.1, 0.15) is 57.2 Å². The molecule has 0 radical (unpaired) electrons. The quantitative estimate of drug-likeness (QED) is 0.262. The van der Waals surface area contributed by atoms with Gasteiger partial charge in [0, 0.05) is 34.8 Å². The van der Waals surface area contributed by atoms with E-state index in [2.05, 4.69) is 30.1 Å². The van der Waals surface area contributed by atoms with Crippen LogP contribution in [0.25, 0.3) is 0 Å². The summed E-state index contributed by atoms with van der Waals surface area (Å²) < 4.78 is 23.0. The van der Waals surface area contributed by atoms with E-state index < -0.39 is 23.4 Å². The van der Waals surface area contributed by atoms with Crippen molar-refractivity contribution >= 4 is 52.5 Å². The van der Waals surface area contributed by atoms with Crippen molar-refractivity contribution in [1.29, 1.82) is 0 Å². The molecule has 9 nitrogen and oxygen atoms in total. The highest BCUT2D eigenvalue weighted by Crippen LogP contribution is 2.45. The number of hydrogen-bond donors (Lipinski definition) is 1. The van der Waals surface area contributed by atoms with Crippen molar-refractivity contribution < 1.29 is 28.9 Å². The summed E-state index contributed by atoms with van der Waals surface area (Å²) in [6, 6.07) is 11.0. The minimum absolute atomic E-state index is 0.102. The van der Waals surface area contributed by atoms with Crippen molar-refractivity contribution in [3.05, 3.63) is 58.4 Å². The number of carboxylic acid groups (broad SMARTS) is 1. The number of nitrogens with zero attached hydrogens (tertiary/aromatic N) is 3. The zero-order chi connectivity index (χ0) is 29.9. The summed E-state index contributed by atoms with van der Waals surface area (Å²) in [6.07, 6.45) is -1.12. The summed E-state index contributed by atoms with van der Waals surface area (Å²) in [5, 5.41) is 9.33. The monoisotopic (exact) mass is 619 g/mol. The Hall–Kier alpha value is -2.86. The minimum Gasteiger partial charge on any atom is -0.493 e. The number of benzene rings is 2. The number of aliphatic carboxylic acids is 1. The number of anilines is 1. The molecular formula is C29H34ClN3O6S2. The van der Waals surface area contributed by atoms with Gasteiger partial charge in [0.1, 0.15) is 23.3 Å². The number of methoxy groups -OCH3 is 2. The Balaban J connectivity index is 1.81. The summed E-state index contributed by atoms with van der Waals surface area (Å²) >= 11 is 8.77. The van der Waals surface area contributed by atoms with Gasteiger partial charge < -0.3 is 24.2 Å². The van der Waals surface area contributed by atoms with E-state index in [1.54, 1.807) is 31.3 Å². The molecule has 0 spiro atoms. The third-order valence-corrected chi connectivity index (χ3v) is 8.87. The Kier molecular flexibility index (Phi) is 9.84. The highest BCUT2D eigenvalue weighted by molar-refractivity contribution is 8.02. The minimum atomic E-state index is -0.946. The first-order valence-electron chi connectivity index (χ1n) is 13.1. The molecule has 1 aliphatic heterocycles. The van der Waals surface area contributed by atoms with E-state index in [1.807, 2.05) is 31.2 Å². The van der Waals surface area contributed by atoms with E-state index >= 15 is 0 Å². The number of amides is 1. The second-order valence-electron chi connectivity index (χ2n) is 10.8. The summed E-state index contributed by atoms with van der Waals surface area (Å²) in [5.74, 6) is 0.301. The molecule has 2 aromatic carbocycles. The van der Waals surface area contributed by atoms with Crippen molar-refractivity contribution in [3.8, 4) is 11.5 Å². The van der Waals surface area contributed by atoms with Crippen molar-refractivity contribution in [2.24, 2.45) is 5.41 Å². The molecule has 41 heavy (non-hydrogen) atoms. The maximum atomic E-state index is 14.2. The highest BCUT2D eigenvalue weighted by atomic mass is 35.5. The first-order chi connectivity index (χ1) is 19.4. The molecule has 0 aliphatic carbocycles. The number of para-hydroxylation sites is 1. The molecule has 12 heteroatoms. The van der Waals surface area contributed by atoms with E-state index in [9.17, 15) is 14.7 Å². The Labute approximate surface area is 253 Å². The molecule has 220 valence electrons. The predicted molar refractivity (Wildman–Crippen MR) is 161 cm³/mol. The van der Waals surface area contributed by atoms with Crippen LogP contribution in [-0.2, 0) is 20.7 Å². The number of hydrogen-bond acceptors (Lipinski definition) is 9.